The van der Waals surface area contributed by atoms with Crippen LogP contribution in [0.15, 0.2) is 36.4 Å². The average molecular weight is 297 g/mol. The van der Waals surface area contributed by atoms with Gasteiger partial charge in [0.1, 0.15) is 12.4 Å². The van der Waals surface area contributed by atoms with Crippen LogP contribution in [0.25, 0.3) is 0 Å². The fourth-order valence-corrected chi connectivity index (χ4v) is 2.04. The molecule has 1 N–H and O–H groups in total. The van der Waals surface area contributed by atoms with E-state index < -0.39 is 5.82 Å². The number of rotatable bonds is 5. The number of halogens is 2. The van der Waals surface area contributed by atoms with E-state index in [9.17, 15) is 9.50 Å². The van der Waals surface area contributed by atoms with Gasteiger partial charge in [-0.1, -0.05) is 29.8 Å². The van der Waals surface area contributed by atoms with Gasteiger partial charge in [-0.2, -0.15) is 0 Å². The highest BCUT2D eigenvalue weighted by molar-refractivity contribution is 6.32. The van der Waals surface area contributed by atoms with Gasteiger partial charge in [-0.05, 0) is 23.8 Å². The SMILES string of the molecule is COc1ccc(COc2c(Cl)cccc2CO)cc1F. The number of hydrogen-bond donors (Lipinski definition) is 1. The van der Waals surface area contributed by atoms with E-state index in [1.54, 1.807) is 24.3 Å². The predicted octanol–water partition coefficient (Wildman–Crippen LogP) is 3.56. The van der Waals surface area contributed by atoms with Crippen LogP contribution in [0, 0.1) is 5.82 Å². The van der Waals surface area contributed by atoms with Crippen molar-refractivity contribution in [3.05, 3.63) is 58.4 Å². The maximum atomic E-state index is 13.6. The third-order valence-electron chi connectivity index (χ3n) is 2.82. The summed E-state index contributed by atoms with van der Waals surface area (Å²) in [5.41, 5.74) is 1.23. The molecule has 0 atom stereocenters. The molecule has 0 aromatic heterocycles. The molecule has 0 amide bonds. The van der Waals surface area contributed by atoms with Crippen molar-refractivity contribution < 1.29 is 19.0 Å². The highest BCUT2D eigenvalue weighted by atomic mass is 35.5. The quantitative estimate of drug-likeness (QED) is 0.917. The van der Waals surface area contributed by atoms with E-state index in [2.05, 4.69) is 0 Å². The Morgan fingerprint density at radius 2 is 2.05 bits per heavy atom. The minimum Gasteiger partial charge on any atom is -0.494 e. The first-order chi connectivity index (χ1) is 9.65. The summed E-state index contributed by atoms with van der Waals surface area (Å²) in [5.74, 6) is 0.144. The highest BCUT2D eigenvalue weighted by Crippen LogP contribution is 2.29. The van der Waals surface area contributed by atoms with E-state index in [0.717, 1.165) is 0 Å². The first kappa shape index (κ1) is 14.6. The van der Waals surface area contributed by atoms with Crippen molar-refractivity contribution in [1.29, 1.82) is 0 Å². The lowest BCUT2D eigenvalue weighted by Gasteiger charge is -2.12. The van der Waals surface area contributed by atoms with E-state index >= 15 is 0 Å². The average Bonchev–Trinajstić information content (AvgIpc) is 2.46. The van der Waals surface area contributed by atoms with Crippen LogP contribution >= 0.6 is 11.6 Å². The monoisotopic (exact) mass is 296 g/mol. The first-order valence-corrected chi connectivity index (χ1v) is 6.37. The predicted molar refractivity (Wildman–Crippen MR) is 74.7 cm³/mol. The molecule has 0 unspecified atom stereocenters. The fourth-order valence-electron chi connectivity index (χ4n) is 1.79. The number of ether oxygens (including phenoxy) is 2. The van der Waals surface area contributed by atoms with E-state index in [0.29, 0.717) is 21.9 Å². The Kier molecular flexibility index (Phi) is 4.82. The van der Waals surface area contributed by atoms with Gasteiger partial charge in [0.05, 0.1) is 18.7 Å². The molecule has 0 aliphatic heterocycles. The number of para-hydroxylation sites is 1. The molecule has 0 aliphatic carbocycles. The zero-order chi connectivity index (χ0) is 14.5. The lowest BCUT2D eigenvalue weighted by molar-refractivity contribution is 0.259. The molecule has 2 aromatic rings. The normalized spacial score (nSPS) is 10.4. The summed E-state index contributed by atoms with van der Waals surface area (Å²) in [7, 11) is 1.41. The number of hydrogen-bond acceptors (Lipinski definition) is 3. The van der Waals surface area contributed by atoms with E-state index in [-0.39, 0.29) is 19.0 Å². The molecule has 106 valence electrons. The number of aliphatic hydroxyl groups is 1. The van der Waals surface area contributed by atoms with Gasteiger partial charge >= 0.3 is 0 Å². The number of aliphatic hydroxyl groups excluding tert-OH is 1. The second-order valence-corrected chi connectivity index (χ2v) is 4.55. The van der Waals surface area contributed by atoms with Gasteiger partial charge in [-0.25, -0.2) is 4.39 Å². The van der Waals surface area contributed by atoms with Crippen LogP contribution in [-0.4, -0.2) is 12.2 Å². The lowest BCUT2D eigenvalue weighted by atomic mass is 10.2. The summed E-state index contributed by atoms with van der Waals surface area (Å²) < 4.78 is 24.0. The van der Waals surface area contributed by atoms with E-state index in [4.69, 9.17) is 21.1 Å². The minimum atomic E-state index is -0.449. The van der Waals surface area contributed by atoms with E-state index in [1.807, 2.05) is 0 Å². The minimum absolute atomic E-state index is 0.150. The Balaban J connectivity index is 2.15. The largest absolute Gasteiger partial charge is 0.494 e. The van der Waals surface area contributed by atoms with Crippen LogP contribution in [-0.2, 0) is 13.2 Å². The van der Waals surface area contributed by atoms with Gasteiger partial charge in [-0.15, -0.1) is 0 Å². The standard InChI is InChI=1S/C15H14ClFO3/c1-19-14-6-5-10(7-13(14)17)9-20-15-11(8-18)3-2-4-12(15)16/h2-7,18H,8-9H2,1H3. The van der Waals surface area contributed by atoms with Gasteiger partial charge in [0.25, 0.3) is 0 Å². The molecule has 0 spiro atoms. The maximum absolute atomic E-state index is 13.6. The van der Waals surface area contributed by atoms with Crippen molar-refractivity contribution in [2.45, 2.75) is 13.2 Å². The van der Waals surface area contributed by atoms with Crippen LogP contribution in [0.2, 0.25) is 5.02 Å². The molecule has 0 heterocycles. The molecule has 2 aromatic carbocycles. The summed E-state index contributed by atoms with van der Waals surface area (Å²) in [6.07, 6.45) is 0. The Morgan fingerprint density at radius 1 is 1.25 bits per heavy atom. The second-order valence-electron chi connectivity index (χ2n) is 4.14. The van der Waals surface area contributed by atoms with Crippen molar-refractivity contribution in [1.82, 2.24) is 0 Å². The summed E-state index contributed by atoms with van der Waals surface area (Å²) in [4.78, 5) is 0. The Labute approximate surface area is 121 Å². The number of methoxy groups -OCH3 is 1. The van der Waals surface area contributed by atoms with Crippen molar-refractivity contribution in [3.63, 3.8) is 0 Å². The van der Waals surface area contributed by atoms with E-state index in [1.165, 1.54) is 19.2 Å². The van der Waals surface area contributed by atoms with Crippen LogP contribution in [0.3, 0.4) is 0 Å². The molecule has 2 rings (SSSR count). The third kappa shape index (κ3) is 3.21. The van der Waals surface area contributed by atoms with Crippen molar-refractivity contribution >= 4 is 11.6 Å². The number of benzene rings is 2. The summed E-state index contributed by atoms with van der Waals surface area (Å²) >= 11 is 6.02. The molecule has 0 fully saturated rings. The molecule has 0 saturated heterocycles. The zero-order valence-electron chi connectivity index (χ0n) is 10.9. The van der Waals surface area contributed by atoms with Gasteiger partial charge in [0.15, 0.2) is 11.6 Å². The molecule has 20 heavy (non-hydrogen) atoms. The first-order valence-electron chi connectivity index (χ1n) is 5.99. The van der Waals surface area contributed by atoms with Crippen LogP contribution in [0.1, 0.15) is 11.1 Å². The van der Waals surface area contributed by atoms with Gasteiger partial charge in [-0.3, -0.25) is 0 Å². The summed E-state index contributed by atoms with van der Waals surface area (Å²) in [6, 6.07) is 9.70. The lowest BCUT2D eigenvalue weighted by Crippen LogP contribution is -2.00. The molecule has 0 aliphatic rings. The van der Waals surface area contributed by atoms with Crippen LogP contribution < -0.4 is 9.47 Å². The Hall–Kier alpha value is -1.78. The maximum Gasteiger partial charge on any atom is 0.165 e. The molecular formula is C15H14ClFO3. The van der Waals surface area contributed by atoms with Crippen molar-refractivity contribution in [3.8, 4) is 11.5 Å². The summed E-state index contributed by atoms with van der Waals surface area (Å²) in [5, 5.41) is 9.65. The van der Waals surface area contributed by atoms with Crippen LogP contribution in [0.4, 0.5) is 4.39 Å². The summed E-state index contributed by atoms with van der Waals surface area (Å²) in [6.45, 7) is -0.0233. The zero-order valence-corrected chi connectivity index (χ0v) is 11.7. The molecule has 5 heteroatoms. The third-order valence-corrected chi connectivity index (χ3v) is 3.12. The van der Waals surface area contributed by atoms with Crippen molar-refractivity contribution in [2.75, 3.05) is 7.11 Å². The van der Waals surface area contributed by atoms with Gasteiger partial charge in [0.2, 0.25) is 0 Å². The molecule has 0 bridgehead atoms. The second kappa shape index (κ2) is 6.59. The van der Waals surface area contributed by atoms with Crippen molar-refractivity contribution in [2.24, 2.45) is 0 Å². The topological polar surface area (TPSA) is 38.7 Å². The molecule has 3 nitrogen and oxygen atoms in total. The smallest absolute Gasteiger partial charge is 0.165 e. The Morgan fingerprint density at radius 3 is 2.70 bits per heavy atom. The van der Waals surface area contributed by atoms with Gasteiger partial charge < -0.3 is 14.6 Å². The molecular weight excluding hydrogens is 283 g/mol. The van der Waals surface area contributed by atoms with Gasteiger partial charge in [0, 0.05) is 5.56 Å². The highest BCUT2D eigenvalue weighted by Gasteiger charge is 2.09. The molecule has 0 radical (unpaired) electrons. The Bertz CT molecular complexity index is 602. The molecule has 0 saturated carbocycles. The fraction of sp³-hybridized carbons (Fsp3) is 0.200. The van der Waals surface area contributed by atoms with Crippen LogP contribution in [0.5, 0.6) is 11.5 Å².